The zero-order chi connectivity index (χ0) is 12.8. The van der Waals surface area contributed by atoms with Crippen molar-refractivity contribution < 1.29 is 0 Å². The van der Waals surface area contributed by atoms with Crippen molar-refractivity contribution in [3.63, 3.8) is 0 Å². The number of hydrogen-bond acceptors (Lipinski definition) is 3. The smallest absolute Gasteiger partial charge is 0.0572 e. The van der Waals surface area contributed by atoms with Crippen molar-refractivity contribution >= 4 is 5.69 Å². The molecule has 0 aromatic carbocycles. The van der Waals surface area contributed by atoms with E-state index in [0.717, 1.165) is 17.8 Å². The van der Waals surface area contributed by atoms with Gasteiger partial charge in [-0.15, -0.1) is 0 Å². The van der Waals surface area contributed by atoms with Crippen molar-refractivity contribution in [2.75, 3.05) is 11.9 Å². The van der Waals surface area contributed by atoms with Gasteiger partial charge in [0.15, 0.2) is 0 Å². The van der Waals surface area contributed by atoms with E-state index in [1.54, 1.807) is 0 Å². The molecule has 0 saturated heterocycles. The van der Waals surface area contributed by atoms with Crippen molar-refractivity contribution in [3.8, 4) is 0 Å². The maximum absolute atomic E-state index is 5.95. The summed E-state index contributed by atoms with van der Waals surface area (Å²) in [6, 6.07) is 4.76. The first-order chi connectivity index (χ1) is 8.10. The maximum atomic E-state index is 5.95. The highest BCUT2D eigenvalue weighted by atomic mass is 15.1. The molecule has 1 rings (SSSR count). The molecule has 0 aliphatic carbocycles. The SMILES string of the molecule is CCCC(C)N(C)c1ccc(C(N)CC)nc1. The van der Waals surface area contributed by atoms with E-state index in [-0.39, 0.29) is 6.04 Å². The Bertz CT molecular complexity index is 321. The lowest BCUT2D eigenvalue weighted by Crippen LogP contribution is -2.28. The maximum Gasteiger partial charge on any atom is 0.0572 e. The molecular formula is C14H25N3. The minimum absolute atomic E-state index is 0.0578. The summed E-state index contributed by atoms with van der Waals surface area (Å²) in [5.74, 6) is 0. The summed E-state index contributed by atoms with van der Waals surface area (Å²) in [4.78, 5) is 6.72. The van der Waals surface area contributed by atoms with Crippen molar-refractivity contribution in [3.05, 3.63) is 24.0 Å². The highest BCUT2D eigenvalue weighted by Crippen LogP contribution is 2.19. The molecule has 2 unspecified atom stereocenters. The predicted octanol–water partition coefficient (Wildman–Crippen LogP) is 3.12. The second kappa shape index (κ2) is 6.60. The van der Waals surface area contributed by atoms with E-state index in [2.05, 4.69) is 43.8 Å². The summed E-state index contributed by atoms with van der Waals surface area (Å²) >= 11 is 0. The lowest BCUT2D eigenvalue weighted by molar-refractivity contribution is 0.614. The Morgan fingerprint density at radius 3 is 2.53 bits per heavy atom. The third-order valence-electron chi connectivity index (χ3n) is 3.37. The molecule has 2 atom stereocenters. The molecule has 96 valence electrons. The molecule has 0 amide bonds. The number of rotatable bonds is 6. The molecule has 0 aliphatic rings. The van der Waals surface area contributed by atoms with E-state index < -0.39 is 0 Å². The van der Waals surface area contributed by atoms with Crippen LogP contribution in [-0.4, -0.2) is 18.1 Å². The second-order valence-electron chi connectivity index (χ2n) is 4.70. The van der Waals surface area contributed by atoms with Crippen LogP contribution in [0.1, 0.15) is 51.8 Å². The van der Waals surface area contributed by atoms with E-state index in [9.17, 15) is 0 Å². The topological polar surface area (TPSA) is 42.1 Å². The molecule has 1 heterocycles. The number of hydrogen-bond donors (Lipinski definition) is 1. The highest BCUT2D eigenvalue weighted by molar-refractivity contribution is 5.44. The third-order valence-corrected chi connectivity index (χ3v) is 3.37. The van der Waals surface area contributed by atoms with Crippen LogP contribution in [-0.2, 0) is 0 Å². The molecule has 0 spiro atoms. The van der Waals surface area contributed by atoms with Gasteiger partial charge in [-0.3, -0.25) is 4.98 Å². The average molecular weight is 235 g/mol. The highest BCUT2D eigenvalue weighted by Gasteiger charge is 2.10. The molecule has 1 aromatic rings. The summed E-state index contributed by atoms with van der Waals surface area (Å²) in [6.45, 7) is 6.54. The van der Waals surface area contributed by atoms with E-state index >= 15 is 0 Å². The molecule has 17 heavy (non-hydrogen) atoms. The van der Waals surface area contributed by atoms with E-state index in [1.807, 2.05) is 12.3 Å². The molecule has 0 bridgehead atoms. The van der Waals surface area contributed by atoms with Gasteiger partial charge < -0.3 is 10.6 Å². The van der Waals surface area contributed by atoms with Gasteiger partial charge in [-0.2, -0.15) is 0 Å². The van der Waals surface area contributed by atoms with Crippen molar-refractivity contribution in [1.29, 1.82) is 0 Å². The van der Waals surface area contributed by atoms with Gasteiger partial charge in [-0.05, 0) is 31.9 Å². The van der Waals surface area contributed by atoms with Gasteiger partial charge in [-0.1, -0.05) is 20.3 Å². The van der Waals surface area contributed by atoms with Crippen LogP contribution in [0, 0.1) is 0 Å². The van der Waals surface area contributed by atoms with Gasteiger partial charge >= 0.3 is 0 Å². The average Bonchev–Trinajstić information content (AvgIpc) is 2.37. The minimum atomic E-state index is 0.0578. The molecule has 0 radical (unpaired) electrons. The van der Waals surface area contributed by atoms with Crippen LogP contribution in [0.4, 0.5) is 5.69 Å². The molecule has 2 N–H and O–H groups in total. The summed E-state index contributed by atoms with van der Waals surface area (Å²) in [7, 11) is 2.12. The quantitative estimate of drug-likeness (QED) is 0.823. The Kier molecular flexibility index (Phi) is 5.42. The van der Waals surface area contributed by atoms with Crippen LogP contribution in [0.15, 0.2) is 18.3 Å². The van der Waals surface area contributed by atoms with Crippen LogP contribution in [0.5, 0.6) is 0 Å². The Balaban J connectivity index is 2.73. The van der Waals surface area contributed by atoms with E-state index in [4.69, 9.17) is 5.73 Å². The van der Waals surface area contributed by atoms with Crippen LogP contribution >= 0.6 is 0 Å². The molecule has 3 nitrogen and oxygen atoms in total. The first-order valence-corrected chi connectivity index (χ1v) is 6.54. The van der Waals surface area contributed by atoms with Crippen LogP contribution in [0.25, 0.3) is 0 Å². The van der Waals surface area contributed by atoms with E-state index in [1.165, 1.54) is 12.8 Å². The van der Waals surface area contributed by atoms with Crippen molar-refractivity contribution in [1.82, 2.24) is 4.98 Å². The van der Waals surface area contributed by atoms with E-state index in [0.29, 0.717) is 6.04 Å². The van der Waals surface area contributed by atoms with Crippen LogP contribution in [0.3, 0.4) is 0 Å². The molecule has 3 heteroatoms. The Morgan fingerprint density at radius 2 is 2.06 bits per heavy atom. The van der Waals surface area contributed by atoms with Gasteiger partial charge in [0.05, 0.1) is 17.6 Å². The van der Waals surface area contributed by atoms with Crippen LogP contribution in [0.2, 0.25) is 0 Å². The lowest BCUT2D eigenvalue weighted by Gasteiger charge is -2.26. The number of anilines is 1. The predicted molar refractivity (Wildman–Crippen MR) is 74.2 cm³/mol. The normalized spacial score (nSPS) is 14.4. The fourth-order valence-corrected chi connectivity index (χ4v) is 1.90. The number of nitrogens with two attached hydrogens (primary N) is 1. The van der Waals surface area contributed by atoms with Crippen molar-refractivity contribution in [2.24, 2.45) is 5.73 Å². The minimum Gasteiger partial charge on any atom is -0.371 e. The molecule has 0 saturated carbocycles. The van der Waals surface area contributed by atoms with Gasteiger partial charge in [0, 0.05) is 19.1 Å². The first-order valence-electron chi connectivity index (χ1n) is 6.54. The van der Waals surface area contributed by atoms with Gasteiger partial charge in [-0.25, -0.2) is 0 Å². The van der Waals surface area contributed by atoms with Gasteiger partial charge in [0.1, 0.15) is 0 Å². The first kappa shape index (κ1) is 14.0. The number of aromatic nitrogens is 1. The fraction of sp³-hybridized carbons (Fsp3) is 0.643. The Labute approximate surface area is 105 Å². The molecular weight excluding hydrogens is 210 g/mol. The Hall–Kier alpha value is -1.09. The Morgan fingerprint density at radius 1 is 1.35 bits per heavy atom. The zero-order valence-electron chi connectivity index (χ0n) is 11.5. The summed E-state index contributed by atoms with van der Waals surface area (Å²) in [6.07, 6.45) is 5.26. The monoisotopic (exact) mass is 235 g/mol. The third kappa shape index (κ3) is 3.70. The molecule has 1 aromatic heterocycles. The van der Waals surface area contributed by atoms with Crippen molar-refractivity contribution in [2.45, 2.75) is 52.1 Å². The summed E-state index contributed by atoms with van der Waals surface area (Å²) in [5, 5.41) is 0. The summed E-state index contributed by atoms with van der Waals surface area (Å²) in [5.41, 5.74) is 8.10. The molecule has 0 fully saturated rings. The van der Waals surface area contributed by atoms with Crippen LogP contribution < -0.4 is 10.6 Å². The summed E-state index contributed by atoms with van der Waals surface area (Å²) < 4.78 is 0. The second-order valence-corrected chi connectivity index (χ2v) is 4.70. The lowest BCUT2D eigenvalue weighted by atomic mass is 10.1. The molecule has 0 aliphatic heterocycles. The fourth-order valence-electron chi connectivity index (χ4n) is 1.90. The largest absolute Gasteiger partial charge is 0.371 e. The van der Waals surface area contributed by atoms with Gasteiger partial charge in [0.25, 0.3) is 0 Å². The number of pyridine rings is 1. The standard InChI is InChI=1S/C14H25N3/c1-5-7-11(3)17(4)12-8-9-14(16-10-12)13(15)6-2/h8-11,13H,5-7,15H2,1-4H3. The number of nitrogens with zero attached hydrogens (tertiary/aromatic N) is 2. The van der Waals surface area contributed by atoms with Gasteiger partial charge in [0.2, 0.25) is 0 Å². The zero-order valence-corrected chi connectivity index (χ0v) is 11.5.